The predicted molar refractivity (Wildman–Crippen MR) is 210 cm³/mol. The summed E-state index contributed by atoms with van der Waals surface area (Å²) in [6.45, 7) is 0. The van der Waals surface area contributed by atoms with Crippen molar-refractivity contribution in [1.29, 1.82) is 0 Å². The number of fused-ring (bicyclic) bond motifs is 12. The van der Waals surface area contributed by atoms with Crippen LogP contribution in [0.4, 0.5) is 0 Å². The highest BCUT2D eigenvalue weighted by Gasteiger charge is 2.21. The molecule has 11 aromatic rings. The summed E-state index contributed by atoms with van der Waals surface area (Å²) in [6.07, 6.45) is 0. The monoisotopic (exact) mass is 636 g/mol. The van der Waals surface area contributed by atoms with E-state index < -0.39 is 0 Å². The van der Waals surface area contributed by atoms with Gasteiger partial charge < -0.3 is 8.83 Å². The Balaban J connectivity index is 1.09. The third kappa shape index (κ3) is 3.85. The highest BCUT2D eigenvalue weighted by atomic mass is 16.3. The first-order valence-corrected chi connectivity index (χ1v) is 17.1. The van der Waals surface area contributed by atoms with Crippen LogP contribution in [0.1, 0.15) is 0 Å². The van der Waals surface area contributed by atoms with Crippen molar-refractivity contribution in [3.8, 4) is 33.4 Å². The van der Waals surface area contributed by atoms with Crippen LogP contribution in [0.15, 0.2) is 179 Å². The van der Waals surface area contributed by atoms with E-state index in [2.05, 4.69) is 158 Å². The van der Waals surface area contributed by atoms with E-state index in [0.717, 1.165) is 65.8 Å². The van der Waals surface area contributed by atoms with Gasteiger partial charge in [-0.25, -0.2) is 0 Å². The van der Waals surface area contributed by atoms with Gasteiger partial charge in [0.15, 0.2) is 0 Å². The summed E-state index contributed by atoms with van der Waals surface area (Å²) in [5, 5.41) is 11.6. The quantitative estimate of drug-likeness (QED) is 0.180. The van der Waals surface area contributed by atoms with Gasteiger partial charge in [-0.2, -0.15) is 0 Å². The lowest BCUT2D eigenvalue weighted by molar-refractivity contribution is 0.668. The largest absolute Gasteiger partial charge is 0.455 e. The molecule has 0 fully saturated rings. The van der Waals surface area contributed by atoms with Gasteiger partial charge in [0.2, 0.25) is 0 Å². The van der Waals surface area contributed by atoms with Crippen molar-refractivity contribution in [3.05, 3.63) is 170 Å². The molecule has 0 amide bonds. The maximum atomic E-state index is 6.75. The highest BCUT2D eigenvalue weighted by Crippen LogP contribution is 2.46. The number of furan rings is 2. The van der Waals surface area contributed by atoms with E-state index in [9.17, 15) is 0 Å². The van der Waals surface area contributed by atoms with Crippen molar-refractivity contribution in [2.45, 2.75) is 0 Å². The van der Waals surface area contributed by atoms with Gasteiger partial charge in [-0.05, 0) is 73.1 Å². The number of hydrogen-bond donors (Lipinski definition) is 0. The fraction of sp³-hybridized carbons (Fsp3) is 0. The zero-order chi connectivity index (χ0) is 32.8. The third-order valence-electron chi connectivity index (χ3n) is 10.5. The predicted octanol–water partition coefficient (Wildman–Crippen LogP) is 13.9. The minimum Gasteiger partial charge on any atom is -0.455 e. The van der Waals surface area contributed by atoms with Crippen LogP contribution < -0.4 is 0 Å². The van der Waals surface area contributed by atoms with E-state index >= 15 is 0 Å². The van der Waals surface area contributed by atoms with E-state index in [0.29, 0.717) is 0 Å². The van der Waals surface area contributed by atoms with Gasteiger partial charge in [0.1, 0.15) is 22.3 Å². The number of para-hydroxylation sites is 1. The molecule has 232 valence electrons. The number of hydrogen-bond acceptors (Lipinski definition) is 2. The van der Waals surface area contributed by atoms with Crippen LogP contribution in [0.3, 0.4) is 0 Å². The van der Waals surface area contributed by atoms with Crippen molar-refractivity contribution in [2.75, 3.05) is 0 Å². The Morgan fingerprint density at radius 1 is 0.260 bits per heavy atom. The second-order valence-electron chi connectivity index (χ2n) is 13.1. The molecule has 9 aromatic carbocycles. The van der Waals surface area contributed by atoms with Crippen molar-refractivity contribution in [3.63, 3.8) is 0 Å². The summed E-state index contributed by atoms with van der Waals surface area (Å²) in [5.41, 5.74) is 10.8. The van der Waals surface area contributed by atoms with Gasteiger partial charge >= 0.3 is 0 Å². The molecular weight excluding hydrogens is 609 g/mol. The molecule has 0 radical (unpaired) electrons. The van der Waals surface area contributed by atoms with E-state index in [1.807, 2.05) is 12.1 Å². The van der Waals surface area contributed by atoms with E-state index in [1.54, 1.807) is 0 Å². The van der Waals surface area contributed by atoms with Crippen molar-refractivity contribution < 1.29 is 8.83 Å². The molecule has 2 heteroatoms. The molecule has 50 heavy (non-hydrogen) atoms. The molecule has 0 atom stereocenters. The minimum atomic E-state index is 0.873. The van der Waals surface area contributed by atoms with Gasteiger partial charge in [-0.15, -0.1) is 0 Å². The smallest absolute Gasteiger partial charge is 0.144 e. The van der Waals surface area contributed by atoms with Crippen LogP contribution in [-0.2, 0) is 0 Å². The molecular formula is C48H28O2. The first-order chi connectivity index (χ1) is 24.8. The standard InChI is InChI=1S/C48H28O2/c1-2-12-30(13-3-1)43-33-14-4-6-16-35(33)44(36-17-7-5-15-34(36)43)31-24-22-29(23-25-31)32-26-27-40-42(28-32)50-48-38-19-9-8-18-37(38)47-45(46(40)48)39-20-10-11-21-41(39)49-47/h1-28H. The lowest BCUT2D eigenvalue weighted by Gasteiger charge is -2.18. The zero-order valence-corrected chi connectivity index (χ0v) is 27.0. The van der Waals surface area contributed by atoms with Gasteiger partial charge in [0, 0.05) is 32.3 Å². The number of benzene rings is 9. The molecule has 0 saturated heterocycles. The molecule has 0 N–H and O–H groups in total. The lowest BCUT2D eigenvalue weighted by Crippen LogP contribution is -1.90. The molecule has 0 aliphatic heterocycles. The van der Waals surface area contributed by atoms with E-state index in [4.69, 9.17) is 8.83 Å². The first-order valence-electron chi connectivity index (χ1n) is 17.1. The second-order valence-corrected chi connectivity index (χ2v) is 13.1. The van der Waals surface area contributed by atoms with Gasteiger partial charge in [-0.1, -0.05) is 152 Å². The van der Waals surface area contributed by atoms with Crippen LogP contribution in [0.2, 0.25) is 0 Å². The van der Waals surface area contributed by atoms with Crippen molar-refractivity contribution in [2.24, 2.45) is 0 Å². The Kier molecular flexibility index (Phi) is 5.70. The molecule has 0 unspecified atom stereocenters. The summed E-state index contributed by atoms with van der Waals surface area (Å²) < 4.78 is 13.2. The topological polar surface area (TPSA) is 26.3 Å². The molecule has 0 bridgehead atoms. The minimum absolute atomic E-state index is 0.873. The fourth-order valence-corrected chi connectivity index (χ4v) is 8.26. The normalized spacial score (nSPS) is 12.0. The Morgan fingerprint density at radius 2 is 0.660 bits per heavy atom. The SMILES string of the molecule is c1ccc(-c2c3ccccc3c(-c3ccc(-c4ccc5c(c4)oc4c6ccccc6c6oc7ccccc7c6c54)cc3)c3ccccc23)cc1. The summed E-state index contributed by atoms with van der Waals surface area (Å²) in [6, 6.07) is 60.7. The van der Waals surface area contributed by atoms with Crippen LogP contribution in [0, 0.1) is 0 Å². The van der Waals surface area contributed by atoms with Crippen LogP contribution in [0.25, 0.3) is 110 Å². The van der Waals surface area contributed by atoms with Gasteiger partial charge in [0.05, 0.1) is 0 Å². The average molecular weight is 637 g/mol. The maximum absolute atomic E-state index is 6.75. The Morgan fingerprint density at radius 3 is 1.24 bits per heavy atom. The third-order valence-corrected chi connectivity index (χ3v) is 10.5. The molecule has 0 saturated carbocycles. The van der Waals surface area contributed by atoms with E-state index in [1.165, 1.54) is 43.8 Å². The van der Waals surface area contributed by atoms with Crippen LogP contribution >= 0.6 is 0 Å². The van der Waals surface area contributed by atoms with Crippen LogP contribution in [-0.4, -0.2) is 0 Å². The maximum Gasteiger partial charge on any atom is 0.144 e. The molecule has 0 aliphatic carbocycles. The lowest BCUT2D eigenvalue weighted by atomic mass is 9.86. The second kappa shape index (κ2) is 10.4. The molecule has 2 aromatic heterocycles. The average Bonchev–Trinajstić information content (AvgIpc) is 3.76. The van der Waals surface area contributed by atoms with Crippen molar-refractivity contribution in [1.82, 2.24) is 0 Å². The molecule has 0 spiro atoms. The Hall–Kier alpha value is -6.64. The molecule has 11 rings (SSSR count). The summed E-state index contributed by atoms with van der Waals surface area (Å²) in [7, 11) is 0. The Bertz CT molecular complexity index is 3070. The molecule has 2 heterocycles. The van der Waals surface area contributed by atoms with E-state index in [-0.39, 0.29) is 0 Å². The van der Waals surface area contributed by atoms with Crippen LogP contribution in [0.5, 0.6) is 0 Å². The summed E-state index contributed by atoms with van der Waals surface area (Å²) >= 11 is 0. The van der Waals surface area contributed by atoms with Gasteiger partial charge in [-0.3, -0.25) is 0 Å². The Labute approximate surface area is 287 Å². The highest BCUT2D eigenvalue weighted by molar-refractivity contribution is 6.34. The summed E-state index contributed by atoms with van der Waals surface area (Å²) in [4.78, 5) is 0. The fourth-order valence-electron chi connectivity index (χ4n) is 8.26. The van der Waals surface area contributed by atoms with Crippen molar-refractivity contribution >= 4 is 76.2 Å². The first kappa shape index (κ1) is 27.3. The molecule has 0 aliphatic rings. The summed E-state index contributed by atoms with van der Waals surface area (Å²) in [5.74, 6) is 0. The number of rotatable bonds is 3. The zero-order valence-electron chi connectivity index (χ0n) is 27.0. The van der Waals surface area contributed by atoms with Gasteiger partial charge in [0.25, 0.3) is 0 Å². The molecule has 2 nitrogen and oxygen atoms in total.